The minimum atomic E-state index is -3.83. The molecule has 0 aromatic heterocycles. The van der Waals surface area contributed by atoms with E-state index in [1.165, 1.54) is 67.7 Å². The number of halogens is 1. The van der Waals surface area contributed by atoms with E-state index >= 15 is 0 Å². The highest BCUT2D eigenvalue weighted by molar-refractivity contribution is 7.93. The number of hydrogen-bond acceptors (Lipinski definition) is 5. The predicted octanol–water partition coefficient (Wildman–Crippen LogP) is 5.22. The van der Waals surface area contributed by atoms with E-state index in [0.29, 0.717) is 27.6 Å². The van der Waals surface area contributed by atoms with E-state index in [-0.39, 0.29) is 9.79 Å². The third-order valence-electron chi connectivity index (χ3n) is 5.41. The third kappa shape index (κ3) is 6.11. The van der Waals surface area contributed by atoms with E-state index in [2.05, 4.69) is 10.0 Å². The molecular formula is C26H22ClN3O5S2. The fourth-order valence-corrected chi connectivity index (χ4v) is 5.77. The Labute approximate surface area is 220 Å². The number of sulfonamides is 2. The van der Waals surface area contributed by atoms with Crippen molar-refractivity contribution >= 4 is 54.6 Å². The first-order chi connectivity index (χ1) is 17.6. The molecule has 0 radical (unpaired) electrons. The Balaban J connectivity index is 1.42. The fourth-order valence-electron chi connectivity index (χ4n) is 3.36. The second-order valence-electron chi connectivity index (χ2n) is 7.92. The van der Waals surface area contributed by atoms with E-state index in [9.17, 15) is 21.6 Å². The van der Waals surface area contributed by atoms with Gasteiger partial charge in [0.1, 0.15) is 0 Å². The molecule has 0 unspecified atom stereocenters. The first kappa shape index (κ1) is 26.2. The molecule has 0 aliphatic heterocycles. The molecule has 11 heteroatoms. The minimum absolute atomic E-state index is 0.0208. The van der Waals surface area contributed by atoms with Crippen molar-refractivity contribution in [3.63, 3.8) is 0 Å². The average Bonchev–Trinajstić information content (AvgIpc) is 2.90. The van der Waals surface area contributed by atoms with Crippen molar-refractivity contribution in [2.45, 2.75) is 9.79 Å². The van der Waals surface area contributed by atoms with Crippen LogP contribution in [-0.2, 0) is 20.0 Å². The summed E-state index contributed by atoms with van der Waals surface area (Å²) in [7, 11) is -6.13. The minimum Gasteiger partial charge on any atom is -0.322 e. The van der Waals surface area contributed by atoms with Crippen LogP contribution in [0.5, 0.6) is 0 Å². The second kappa shape index (κ2) is 10.6. The van der Waals surface area contributed by atoms with Crippen LogP contribution in [0, 0.1) is 0 Å². The van der Waals surface area contributed by atoms with E-state index in [1.807, 2.05) is 0 Å². The Hall–Kier alpha value is -3.86. The summed E-state index contributed by atoms with van der Waals surface area (Å²) in [5.41, 5.74) is 1.45. The van der Waals surface area contributed by atoms with Crippen LogP contribution in [0.1, 0.15) is 10.4 Å². The van der Waals surface area contributed by atoms with E-state index in [0.717, 1.165) is 4.31 Å². The molecule has 0 fully saturated rings. The number of anilines is 3. The first-order valence-electron chi connectivity index (χ1n) is 10.9. The second-order valence-corrected chi connectivity index (χ2v) is 12.0. The number of carbonyl (C=O) groups excluding carboxylic acids is 1. The van der Waals surface area contributed by atoms with Gasteiger partial charge in [0.25, 0.3) is 26.0 Å². The highest BCUT2D eigenvalue weighted by atomic mass is 35.5. The maximum atomic E-state index is 12.8. The summed E-state index contributed by atoms with van der Waals surface area (Å²) >= 11 is 5.83. The molecule has 190 valence electrons. The fraction of sp³-hybridized carbons (Fsp3) is 0.0385. The van der Waals surface area contributed by atoms with Gasteiger partial charge >= 0.3 is 0 Å². The lowest BCUT2D eigenvalue weighted by molar-refractivity contribution is 0.102. The van der Waals surface area contributed by atoms with Crippen LogP contribution in [0.2, 0.25) is 5.02 Å². The van der Waals surface area contributed by atoms with Gasteiger partial charge < -0.3 is 5.32 Å². The standard InChI is InChI=1S/C26H22ClN3O5S2/c1-30(37(34,35)25-5-3-2-4-6-25)23-15-7-19(8-16-23)26(31)28-21-13-17-24(18-14-21)36(32,33)29-22-11-9-20(27)10-12-22/h2-18,29H,1H3,(H,28,31). The summed E-state index contributed by atoms with van der Waals surface area (Å²) in [6.45, 7) is 0. The van der Waals surface area contributed by atoms with Crippen molar-refractivity contribution in [1.29, 1.82) is 0 Å². The highest BCUT2D eigenvalue weighted by Crippen LogP contribution is 2.23. The maximum Gasteiger partial charge on any atom is 0.264 e. The number of benzene rings is 4. The molecule has 0 atom stereocenters. The number of nitrogens with zero attached hydrogens (tertiary/aromatic N) is 1. The van der Waals surface area contributed by atoms with Gasteiger partial charge in [0.05, 0.1) is 15.5 Å². The molecule has 4 aromatic rings. The summed E-state index contributed by atoms with van der Waals surface area (Å²) in [5.74, 6) is -0.435. The highest BCUT2D eigenvalue weighted by Gasteiger charge is 2.21. The Kier molecular flexibility index (Phi) is 7.53. The summed E-state index contributed by atoms with van der Waals surface area (Å²) in [4.78, 5) is 12.9. The van der Waals surface area contributed by atoms with Crippen LogP contribution in [0.15, 0.2) is 113 Å². The van der Waals surface area contributed by atoms with Crippen molar-refractivity contribution in [3.8, 4) is 0 Å². The monoisotopic (exact) mass is 555 g/mol. The molecule has 0 saturated heterocycles. The molecular weight excluding hydrogens is 534 g/mol. The maximum absolute atomic E-state index is 12.8. The van der Waals surface area contributed by atoms with Crippen LogP contribution >= 0.6 is 11.6 Å². The van der Waals surface area contributed by atoms with Crippen molar-refractivity contribution in [2.24, 2.45) is 0 Å². The van der Waals surface area contributed by atoms with E-state index in [1.54, 1.807) is 42.5 Å². The third-order valence-corrected chi connectivity index (χ3v) is 8.86. The average molecular weight is 556 g/mol. The topological polar surface area (TPSA) is 113 Å². The van der Waals surface area contributed by atoms with Gasteiger partial charge in [-0.3, -0.25) is 13.8 Å². The number of hydrogen-bond donors (Lipinski definition) is 2. The van der Waals surface area contributed by atoms with E-state index < -0.39 is 26.0 Å². The van der Waals surface area contributed by atoms with Crippen molar-refractivity contribution in [1.82, 2.24) is 0 Å². The molecule has 1 amide bonds. The summed E-state index contributed by atoms with van der Waals surface area (Å²) in [6.07, 6.45) is 0. The van der Waals surface area contributed by atoms with Gasteiger partial charge in [-0.1, -0.05) is 29.8 Å². The van der Waals surface area contributed by atoms with Gasteiger partial charge in [-0.05, 0) is 84.9 Å². The predicted molar refractivity (Wildman–Crippen MR) is 145 cm³/mol. The molecule has 0 bridgehead atoms. The van der Waals surface area contributed by atoms with Gasteiger partial charge in [0.2, 0.25) is 0 Å². The smallest absolute Gasteiger partial charge is 0.264 e. The molecule has 2 N–H and O–H groups in total. The van der Waals surface area contributed by atoms with Gasteiger partial charge in [0.15, 0.2) is 0 Å². The summed E-state index contributed by atoms with van der Waals surface area (Å²) in [5, 5.41) is 3.18. The summed E-state index contributed by atoms with van der Waals surface area (Å²) in [6, 6.07) is 26.1. The Morgan fingerprint density at radius 3 is 1.86 bits per heavy atom. The normalized spacial score (nSPS) is 11.5. The molecule has 0 spiro atoms. The zero-order valence-corrected chi connectivity index (χ0v) is 21.9. The van der Waals surface area contributed by atoms with Crippen molar-refractivity contribution < 1.29 is 21.6 Å². The molecule has 8 nitrogen and oxygen atoms in total. The van der Waals surface area contributed by atoms with Gasteiger partial charge in [-0.15, -0.1) is 0 Å². The zero-order valence-electron chi connectivity index (χ0n) is 19.5. The Morgan fingerprint density at radius 2 is 1.27 bits per heavy atom. The van der Waals surface area contributed by atoms with Gasteiger partial charge in [-0.25, -0.2) is 16.8 Å². The molecule has 37 heavy (non-hydrogen) atoms. The molecule has 4 aromatic carbocycles. The van der Waals surface area contributed by atoms with Crippen LogP contribution in [0.3, 0.4) is 0 Å². The number of amides is 1. The molecule has 0 aliphatic rings. The van der Waals surface area contributed by atoms with Crippen LogP contribution in [0.4, 0.5) is 17.1 Å². The van der Waals surface area contributed by atoms with Crippen molar-refractivity contribution in [3.05, 3.63) is 114 Å². The number of rotatable bonds is 8. The molecule has 0 saturated carbocycles. The van der Waals surface area contributed by atoms with Crippen molar-refractivity contribution in [2.75, 3.05) is 21.4 Å². The van der Waals surface area contributed by atoms with Crippen LogP contribution in [-0.4, -0.2) is 29.8 Å². The van der Waals surface area contributed by atoms with E-state index in [4.69, 9.17) is 11.6 Å². The zero-order chi connectivity index (χ0) is 26.6. The largest absolute Gasteiger partial charge is 0.322 e. The Bertz CT molecular complexity index is 1610. The van der Waals surface area contributed by atoms with Crippen LogP contribution in [0.25, 0.3) is 0 Å². The van der Waals surface area contributed by atoms with Gasteiger partial charge in [-0.2, -0.15) is 0 Å². The number of carbonyl (C=O) groups is 1. The SMILES string of the molecule is CN(c1ccc(C(=O)Nc2ccc(S(=O)(=O)Nc3ccc(Cl)cc3)cc2)cc1)S(=O)(=O)c1ccccc1. The summed E-state index contributed by atoms with van der Waals surface area (Å²) < 4.78 is 54.4. The quantitative estimate of drug-likeness (QED) is 0.309. The first-order valence-corrected chi connectivity index (χ1v) is 14.2. The number of nitrogens with one attached hydrogen (secondary N) is 2. The Morgan fingerprint density at radius 1 is 0.703 bits per heavy atom. The lowest BCUT2D eigenvalue weighted by Crippen LogP contribution is -2.26. The molecule has 0 heterocycles. The van der Waals surface area contributed by atoms with Crippen LogP contribution < -0.4 is 14.3 Å². The van der Waals surface area contributed by atoms with Gasteiger partial charge in [0, 0.05) is 29.0 Å². The lowest BCUT2D eigenvalue weighted by atomic mass is 10.2. The molecule has 0 aliphatic carbocycles. The lowest BCUT2D eigenvalue weighted by Gasteiger charge is -2.19. The molecule has 4 rings (SSSR count).